The van der Waals surface area contributed by atoms with E-state index in [9.17, 15) is 4.79 Å². The van der Waals surface area contributed by atoms with Crippen LogP contribution in [0.15, 0.2) is 36.8 Å². The highest BCUT2D eigenvalue weighted by atomic mass is 16.5. The monoisotopic (exact) mass is 244 g/mol. The zero-order chi connectivity index (χ0) is 13.0. The van der Waals surface area contributed by atoms with Crippen molar-refractivity contribution in [2.75, 3.05) is 7.11 Å². The lowest BCUT2D eigenvalue weighted by molar-refractivity contribution is -0.136. The van der Waals surface area contributed by atoms with Crippen LogP contribution in [0.25, 0.3) is 11.1 Å². The Labute approximate surface area is 104 Å². The number of hydrogen-bond acceptors (Lipinski definition) is 4. The van der Waals surface area contributed by atoms with Crippen LogP contribution in [0.4, 0.5) is 0 Å². The molecule has 0 aliphatic carbocycles. The average molecular weight is 244 g/mol. The number of carboxylic acids is 1. The van der Waals surface area contributed by atoms with E-state index >= 15 is 0 Å². The van der Waals surface area contributed by atoms with Gasteiger partial charge in [0.05, 0.1) is 13.5 Å². The molecule has 5 nitrogen and oxygen atoms in total. The lowest BCUT2D eigenvalue weighted by Crippen LogP contribution is -2.04. The zero-order valence-electron chi connectivity index (χ0n) is 9.83. The van der Waals surface area contributed by atoms with E-state index in [2.05, 4.69) is 9.97 Å². The summed E-state index contributed by atoms with van der Waals surface area (Å²) in [6, 6.07) is 5.46. The second-order valence-electron chi connectivity index (χ2n) is 3.70. The van der Waals surface area contributed by atoms with Gasteiger partial charge in [0.1, 0.15) is 0 Å². The second kappa shape index (κ2) is 5.27. The van der Waals surface area contributed by atoms with Crippen molar-refractivity contribution in [2.45, 2.75) is 6.42 Å². The third kappa shape index (κ3) is 2.63. The van der Waals surface area contributed by atoms with Crippen molar-refractivity contribution in [1.82, 2.24) is 9.97 Å². The maximum atomic E-state index is 10.8. The summed E-state index contributed by atoms with van der Waals surface area (Å²) in [5.41, 5.74) is 2.33. The summed E-state index contributed by atoms with van der Waals surface area (Å²) in [6.45, 7) is 0. The van der Waals surface area contributed by atoms with Crippen LogP contribution in [0.3, 0.4) is 0 Å². The molecule has 0 saturated carbocycles. The van der Waals surface area contributed by atoms with Crippen LogP contribution < -0.4 is 4.74 Å². The first-order valence-corrected chi connectivity index (χ1v) is 5.36. The summed E-state index contributed by atoms with van der Waals surface area (Å²) in [6.07, 6.45) is 4.89. The van der Waals surface area contributed by atoms with Crippen molar-refractivity contribution in [1.29, 1.82) is 0 Å². The fourth-order valence-electron chi connectivity index (χ4n) is 1.67. The molecule has 92 valence electrons. The van der Waals surface area contributed by atoms with Gasteiger partial charge < -0.3 is 9.84 Å². The Hall–Kier alpha value is -2.43. The Morgan fingerprint density at radius 2 is 2.06 bits per heavy atom. The van der Waals surface area contributed by atoms with Gasteiger partial charge in [0.15, 0.2) is 0 Å². The van der Waals surface area contributed by atoms with E-state index in [4.69, 9.17) is 9.84 Å². The Morgan fingerprint density at radius 3 is 2.67 bits per heavy atom. The van der Waals surface area contributed by atoms with Crippen LogP contribution in [-0.4, -0.2) is 28.2 Å². The molecule has 2 aromatic rings. The van der Waals surface area contributed by atoms with Crippen LogP contribution in [0.2, 0.25) is 0 Å². The molecule has 0 atom stereocenters. The molecule has 0 aliphatic heterocycles. The molecule has 0 aromatic carbocycles. The number of rotatable bonds is 4. The van der Waals surface area contributed by atoms with Gasteiger partial charge in [-0.3, -0.25) is 9.78 Å². The number of hydrogen-bond donors (Lipinski definition) is 1. The minimum absolute atomic E-state index is 0.116. The minimum Gasteiger partial charge on any atom is -0.481 e. The Balaban J connectivity index is 2.42. The Morgan fingerprint density at radius 1 is 1.33 bits per heavy atom. The molecular formula is C13H12N2O3. The van der Waals surface area contributed by atoms with Gasteiger partial charge in [-0.2, -0.15) is 0 Å². The van der Waals surface area contributed by atoms with E-state index in [1.807, 2.05) is 12.1 Å². The first-order valence-electron chi connectivity index (χ1n) is 5.36. The van der Waals surface area contributed by atoms with E-state index in [0.29, 0.717) is 11.4 Å². The molecule has 0 spiro atoms. The molecular weight excluding hydrogens is 232 g/mol. The van der Waals surface area contributed by atoms with E-state index < -0.39 is 5.97 Å². The Bertz CT molecular complexity index is 555. The predicted molar refractivity (Wildman–Crippen MR) is 65.4 cm³/mol. The van der Waals surface area contributed by atoms with Crippen LogP contribution in [0.1, 0.15) is 5.56 Å². The number of aliphatic carboxylic acids is 1. The van der Waals surface area contributed by atoms with Crippen LogP contribution >= 0.6 is 0 Å². The lowest BCUT2D eigenvalue weighted by atomic mass is 10.1. The number of carbonyl (C=O) groups is 1. The van der Waals surface area contributed by atoms with Gasteiger partial charge in [-0.15, -0.1) is 0 Å². The fourth-order valence-corrected chi connectivity index (χ4v) is 1.67. The molecule has 2 aromatic heterocycles. The SMILES string of the molecule is COc1ncc(-c2ccncc2)cc1CC(=O)O. The highest BCUT2D eigenvalue weighted by molar-refractivity contribution is 5.73. The van der Waals surface area contributed by atoms with E-state index in [1.165, 1.54) is 7.11 Å². The highest BCUT2D eigenvalue weighted by Crippen LogP contribution is 2.24. The first-order chi connectivity index (χ1) is 8.70. The lowest BCUT2D eigenvalue weighted by Gasteiger charge is -2.08. The molecule has 18 heavy (non-hydrogen) atoms. The smallest absolute Gasteiger partial charge is 0.308 e. The summed E-state index contributed by atoms with van der Waals surface area (Å²) in [5, 5.41) is 8.86. The maximum Gasteiger partial charge on any atom is 0.308 e. The third-order valence-electron chi connectivity index (χ3n) is 2.47. The maximum absolute atomic E-state index is 10.8. The number of pyridine rings is 2. The normalized spacial score (nSPS) is 10.1. The van der Waals surface area contributed by atoms with Crippen molar-refractivity contribution < 1.29 is 14.6 Å². The van der Waals surface area contributed by atoms with Crippen molar-refractivity contribution in [2.24, 2.45) is 0 Å². The summed E-state index contributed by atoms with van der Waals surface area (Å²) >= 11 is 0. The molecule has 5 heteroatoms. The van der Waals surface area contributed by atoms with E-state index in [-0.39, 0.29) is 6.42 Å². The topological polar surface area (TPSA) is 72.3 Å². The van der Waals surface area contributed by atoms with Gasteiger partial charge in [-0.1, -0.05) is 0 Å². The molecule has 2 rings (SSSR count). The van der Waals surface area contributed by atoms with Crippen molar-refractivity contribution in [3.63, 3.8) is 0 Å². The summed E-state index contributed by atoms with van der Waals surface area (Å²) in [7, 11) is 1.47. The van der Waals surface area contributed by atoms with Crippen LogP contribution in [0.5, 0.6) is 5.88 Å². The molecule has 0 fully saturated rings. The quantitative estimate of drug-likeness (QED) is 0.887. The zero-order valence-corrected chi connectivity index (χ0v) is 9.83. The highest BCUT2D eigenvalue weighted by Gasteiger charge is 2.10. The Kier molecular flexibility index (Phi) is 3.52. The number of aromatic nitrogens is 2. The average Bonchev–Trinajstić information content (AvgIpc) is 2.39. The van der Waals surface area contributed by atoms with Gasteiger partial charge >= 0.3 is 5.97 Å². The minimum atomic E-state index is -0.915. The van der Waals surface area contributed by atoms with Crippen molar-refractivity contribution >= 4 is 5.97 Å². The van der Waals surface area contributed by atoms with Crippen molar-refractivity contribution in [3.05, 3.63) is 42.4 Å². The number of methoxy groups -OCH3 is 1. The fraction of sp³-hybridized carbons (Fsp3) is 0.154. The molecule has 0 saturated heterocycles. The molecule has 0 unspecified atom stereocenters. The van der Waals surface area contributed by atoms with Gasteiger partial charge in [-0.25, -0.2) is 4.98 Å². The van der Waals surface area contributed by atoms with E-state index in [0.717, 1.165) is 11.1 Å². The molecule has 0 bridgehead atoms. The summed E-state index contributed by atoms with van der Waals surface area (Å²) in [4.78, 5) is 18.8. The molecule has 2 heterocycles. The van der Waals surface area contributed by atoms with Gasteiger partial charge in [0, 0.05) is 29.7 Å². The second-order valence-corrected chi connectivity index (χ2v) is 3.70. The molecule has 0 radical (unpaired) electrons. The van der Waals surface area contributed by atoms with Gasteiger partial charge in [-0.05, 0) is 23.8 Å². The number of nitrogens with zero attached hydrogens (tertiary/aromatic N) is 2. The first kappa shape index (κ1) is 12.0. The summed E-state index contributed by atoms with van der Waals surface area (Å²) < 4.78 is 5.05. The molecule has 1 N–H and O–H groups in total. The predicted octanol–water partition coefficient (Wildman–Crippen LogP) is 1.78. The van der Waals surface area contributed by atoms with Gasteiger partial charge in [0.25, 0.3) is 0 Å². The number of carboxylic acid groups (broad SMARTS) is 1. The number of ether oxygens (including phenoxy) is 1. The largest absolute Gasteiger partial charge is 0.481 e. The van der Waals surface area contributed by atoms with Gasteiger partial charge in [0.2, 0.25) is 5.88 Å². The van der Waals surface area contributed by atoms with Crippen molar-refractivity contribution in [3.8, 4) is 17.0 Å². The molecule has 0 aliphatic rings. The molecule has 0 amide bonds. The standard InChI is InChI=1S/C13H12N2O3/c1-18-13-10(7-12(16)17)6-11(8-15-13)9-2-4-14-5-3-9/h2-6,8H,7H2,1H3,(H,16,17). The van der Waals surface area contributed by atoms with E-state index in [1.54, 1.807) is 24.7 Å². The van der Waals surface area contributed by atoms with Crippen LogP contribution in [0, 0.1) is 0 Å². The third-order valence-corrected chi connectivity index (χ3v) is 2.47. The summed E-state index contributed by atoms with van der Waals surface area (Å²) in [5.74, 6) is -0.572. The van der Waals surface area contributed by atoms with Crippen LogP contribution in [-0.2, 0) is 11.2 Å².